The molecule has 5 nitrogen and oxygen atoms in total. The van der Waals surface area contributed by atoms with Crippen LogP contribution in [0.2, 0.25) is 5.02 Å². The molecule has 0 aliphatic rings. The van der Waals surface area contributed by atoms with Crippen LogP contribution in [0.5, 0.6) is 0 Å². The van der Waals surface area contributed by atoms with Crippen molar-refractivity contribution in [1.82, 2.24) is 5.32 Å². The van der Waals surface area contributed by atoms with Crippen LogP contribution in [-0.2, 0) is 4.79 Å². The molecule has 0 aliphatic heterocycles. The largest absolute Gasteiger partial charge is 0.378 e. The molecule has 2 rings (SSSR count). The van der Waals surface area contributed by atoms with Crippen molar-refractivity contribution in [3.05, 3.63) is 64.7 Å². The van der Waals surface area contributed by atoms with Crippen molar-refractivity contribution in [2.75, 3.05) is 11.9 Å². The van der Waals surface area contributed by atoms with E-state index in [0.717, 1.165) is 6.42 Å². The van der Waals surface area contributed by atoms with Gasteiger partial charge in [0.25, 0.3) is 11.8 Å². The molecule has 2 amide bonds. The Bertz CT molecular complexity index is 719. The average Bonchev–Trinajstić information content (AvgIpc) is 2.59. The molecule has 0 saturated carbocycles. The van der Waals surface area contributed by atoms with E-state index in [2.05, 4.69) is 10.6 Å². The second-order valence-corrected chi connectivity index (χ2v) is 5.68. The Morgan fingerprint density at radius 1 is 1.17 bits per heavy atom. The van der Waals surface area contributed by atoms with Crippen LogP contribution in [0.3, 0.4) is 0 Å². The molecule has 2 aromatic carbocycles. The molecule has 1 unspecified atom stereocenters. The van der Waals surface area contributed by atoms with E-state index in [-0.39, 0.29) is 11.6 Å². The van der Waals surface area contributed by atoms with Crippen LogP contribution in [0.4, 0.5) is 5.69 Å². The minimum atomic E-state index is -1.34. The van der Waals surface area contributed by atoms with Gasteiger partial charge in [0, 0.05) is 11.6 Å². The SMILES string of the molecule is CCCNC(=O)c1ccc(Cl)cc1NC(=O)C(O)c1ccccc1. The monoisotopic (exact) mass is 346 g/mol. The third-order valence-electron chi connectivity index (χ3n) is 3.38. The number of benzene rings is 2. The van der Waals surface area contributed by atoms with E-state index in [4.69, 9.17) is 11.6 Å². The number of hydrogen-bond acceptors (Lipinski definition) is 3. The van der Waals surface area contributed by atoms with Gasteiger partial charge in [0.2, 0.25) is 0 Å². The van der Waals surface area contributed by atoms with Crippen molar-refractivity contribution in [2.45, 2.75) is 19.4 Å². The van der Waals surface area contributed by atoms with Crippen molar-refractivity contribution in [3.8, 4) is 0 Å². The van der Waals surface area contributed by atoms with E-state index in [0.29, 0.717) is 22.7 Å². The van der Waals surface area contributed by atoms with Gasteiger partial charge in [0.1, 0.15) is 0 Å². The van der Waals surface area contributed by atoms with Crippen LogP contribution in [-0.4, -0.2) is 23.5 Å². The maximum Gasteiger partial charge on any atom is 0.257 e. The van der Waals surface area contributed by atoms with E-state index in [1.54, 1.807) is 36.4 Å². The third-order valence-corrected chi connectivity index (χ3v) is 3.62. The summed E-state index contributed by atoms with van der Waals surface area (Å²) in [5.74, 6) is -0.939. The highest BCUT2D eigenvalue weighted by atomic mass is 35.5. The quantitative estimate of drug-likeness (QED) is 0.751. The van der Waals surface area contributed by atoms with Crippen LogP contribution in [0.15, 0.2) is 48.5 Å². The Labute approximate surface area is 145 Å². The lowest BCUT2D eigenvalue weighted by atomic mass is 10.1. The van der Waals surface area contributed by atoms with E-state index in [1.165, 1.54) is 12.1 Å². The molecule has 0 heterocycles. The summed E-state index contributed by atoms with van der Waals surface area (Å²) in [5.41, 5.74) is 1.02. The van der Waals surface area contributed by atoms with Crippen LogP contribution in [0, 0.1) is 0 Å². The van der Waals surface area contributed by atoms with Gasteiger partial charge in [-0.2, -0.15) is 0 Å². The fourth-order valence-electron chi connectivity index (χ4n) is 2.14. The van der Waals surface area contributed by atoms with Gasteiger partial charge in [0.15, 0.2) is 6.10 Å². The minimum absolute atomic E-state index is 0.260. The predicted molar refractivity (Wildman–Crippen MR) is 94.1 cm³/mol. The molecule has 0 bridgehead atoms. The molecule has 1 atom stereocenters. The molecule has 0 spiro atoms. The zero-order valence-corrected chi connectivity index (χ0v) is 14.0. The highest BCUT2D eigenvalue weighted by Crippen LogP contribution is 2.23. The summed E-state index contributed by atoms with van der Waals surface area (Å²) in [5, 5.41) is 15.8. The molecular formula is C18H19ClN2O3. The molecule has 0 saturated heterocycles. The zero-order chi connectivity index (χ0) is 17.5. The fourth-order valence-corrected chi connectivity index (χ4v) is 2.31. The molecule has 0 fully saturated rings. The van der Waals surface area contributed by atoms with Crippen LogP contribution >= 0.6 is 11.6 Å². The first-order chi connectivity index (χ1) is 11.5. The predicted octanol–water partition coefficient (Wildman–Crippen LogP) is 3.15. The first-order valence-electron chi connectivity index (χ1n) is 7.64. The molecule has 0 aliphatic carbocycles. The fraction of sp³-hybridized carbons (Fsp3) is 0.222. The molecule has 6 heteroatoms. The topological polar surface area (TPSA) is 78.4 Å². The van der Waals surface area contributed by atoms with Crippen LogP contribution < -0.4 is 10.6 Å². The highest BCUT2D eigenvalue weighted by molar-refractivity contribution is 6.31. The van der Waals surface area contributed by atoms with Gasteiger partial charge in [-0.3, -0.25) is 9.59 Å². The number of anilines is 1. The molecule has 3 N–H and O–H groups in total. The van der Waals surface area contributed by atoms with Gasteiger partial charge in [0.05, 0.1) is 11.3 Å². The Morgan fingerprint density at radius 3 is 2.54 bits per heavy atom. The van der Waals surface area contributed by atoms with E-state index >= 15 is 0 Å². The Hall–Kier alpha value is -2.37. The van der Waals surface area contributed by atoms with Gasteiger partial charge in [-0.1, -0.05) is 48.9 Å². The first kappa shape index (κ1) is 18.0. The van der Waals surface area contributed by atoms with Gasteiger partial charge < -0.3 is 15.7 Å². The lowest BCUT2D eigenvalue weighted by Gasteiger charge is -2.15. The van der Waals surface area contributed by atoms with Crippen molar-refractivity contribution < 1.29 is 14.7 Å². The summed E-state index contributed by atoms with van der Waals surface area (Å²) in [4.78, 5) is 24.5. The number of nitrogens with one attached hydrogen (secondary N) is 2. The molecule has 24 heavy (non-hydrogen) atoms. The van der Waals surface area contributed by atoms with Gasteiger partial charge in [-0.15, -0.1) is 0 Å². The van der Waals surface area contributed by atoms with Gasteiger partial charge >= 0.3 is 0 Å². The summed E-state index contributed by atoms with van der Waals surface area (Å²) in [6.07, 6.45) is -0.537. The maximum absolute atomic E-state index is 12.3. The van der Waals surface area contributed by atoms with Crippen molar-refractivity contribution >= 4 is 29.1 Å². The standard InChI is InChI=1S/C18H19ClN2O3/c1-2-10-20-17(23)14-9-8-13(19)11-15(14)21-18(24)16(22)12-6-4-3-5-7-12/h3-9,11,16,22H,2,10H2,1H3,(H,20,23)(H,21,24). The van der Waals surface area contributed by atoms with E-state index in [9.17, 15) is 14.7 Å². The number of amides is 2. The van der Waals surface area contributed by atoms with E-state index in [1.807, 2.05) is 6.92 Å². The third kappa shape index (κ3) is 4.57. The second-order valence-electron chi connectivity index (χ2n) is 5.25. The zero-order valence-electron chi connectivity index (χ0n) is 13.3. The molecule has 2 aromatic rings. The van der Waals surface area contributed by atoms with Crippen molar-refractivity contribution in [1.29, 1.82) is 0 Å². The average molecular weight is 347 g/mol. The normalized spacial score (nSPS) is 11.6. The molecule has 126 valence electrons. The summed E-state index contributed by atoms with van der Waals surface area (Å²) < 4.78 is 0. The smallest absolute Gasteiger partial charge is 0.257 e. The van der Waals surface area contributed by atoms with Crippen LogP contribution in [0.1, 0.15) is 35.4 Å². The highest BCUT2D eigenvalue weighted by Gasteiger charge is 2.20. The summed E-state index contributed by atoms with van der Waals surface area (Å²) in [7, 11) is 0. The Balaban J connectivity index is 2.20. The summed E-state index contributed by atoms with van der Waals surface area (Å²) >= 11 is 5.96. The Kier molecular flexibility index (Phi) is 6.35. The Morgan fingerprint density at radius 2 is 1.88 bits per heavy atom. The van der Waals surface area contributed by atoms with Gasteiger partial charge in [-0.25, -0.2) is 0 Å². The number of aliphatic hydroxyl groups excluding tert-OH is 1. The number of halogens is 1. The number of hydrogen-bond donors (Lipinski definition) is 3. The molecular weight excluding hydrogens is 328 g/mol. The summed E-state index contributed by atoms with van der Waals surface area (Å²) in [6.45, 7) is 2.47. The lowest BCUT2D eigenvalue weighted by Crippen LogP contribution is -2.27. The lowest BCUT2D eigenvalue weighted by molar-refractivity contribution is -0.124. The molecule has 0 radical (unpaired) electrons. The van der Waals surface area contributed by atoms with Crippen LogP contribution in [0.25, 0.3) is 0 Å². The second kappa shape index (κ2) is 8.47. The summed E-state index contributed by atoms with van der Waals surface area (Å²) in [6, 6.07) is 13.2. The number of carbonyl (C=O) groups is 2. The number of aliphatic hydroxyl groups is 1. The molecule has 0 aromatic heterocycles. The maximum atomic E-state index is 12.3. The van der Waals surface area contributed by atoms with E-state index < -0.39 is 12.0 Å². The first-order valence-corrected chi connectivity index (χ1v) is 8.02. The number of rotatable bonds is 6. The number of carbonyl (C=O) groups excluding carboxylic acids is 2. The van der Waals surface area contributed by atoms with Crippen molar-refractivity contribution in [2.24, 2.45) is 0 Å². The minimum Gasteiger partial charge on any atom is -0.378 e. The van der Waals surface area contributed by atoms with Crippen molar-refractivity contribution in [3.63, 3.8) is 0 Å². The van der Waals surface area contributed by atoms with Gasteiger partial charge in [-0.05, 0) is 30.2 Å².